The summed E-state index contributed by atoms with van der Waals surface area (Å²) in [6.45, 7) is -0.661. The number of carbonyl (C=O) groups excluding carboxylic acids is 3. The summed E-state index contributed by atoms with van der Waals surface area (Å²) in [7, 11) is 0. The van der Waals surface area contributed by atoms with Crippen LogP contribution in [-0.4, -0.2) is 70.3 Å². The number of carbonyl (C=O) groups is 5. The molecular formula is C18H24N4O7S. The van der Waals surface area contributed by atoms with Gasteiger partial charge in [0.25, 0.3) is 0 Å². The smallest absolute Gasteiger partial charge is 0.322 e. The standard InChI is InChI=1S/C18H24N4O7S/c19-11(9-30)16(27)21-13(7-14(23)24)18(29)22-12(17(28)20-8-15(25)26)6-10-4-2-1-3-5-10/h1-5,11-13,30H,6-9,19H2,(H,20,28)(H,21,27)(H,22,29)(H,23,24)(H,25,26). The number of carboxylic acid groups (broad SMARTS) is 2. The minimum Gasteiger partial charge on any atom is -0.481 e. The molecule has 3 atom stereocenters. The molecule has 0 spiro atoms. The van der Waals surface area contributed by atoms with Crippen molar-refractivity contribution in [3.8, 4) is 0 Å². The lowest BCUT2D eigenvalue weighted by atomic mass is 10.0. The Morgan fingerprint density at radius 3 is 2.03 bits per heavy atom. The van der Waals surface area contributed by atoms with Crippen molar-refractivity contribution in [1.82, 2.24) is 16.0 Å². The molecule has 12 heteroatoms. The van der Waals surface area contributed by atoms with Crippen LogP contribution in [0.4, 0.5) is 0 Å². The molecule has 0 saturated heterocycles. The average molecular weight is 440 g/mol. The van der Waals surface area contributed by atoms with E-state index < -0.39 is 60.8 Å². The molecule has 3 amide bonds. The maximum Gasteiger partial charge on any atom is 0.322 e. The van der Waals surface area contributed by atoms with Crippen molar-refractivity contribution in [2.75, 3.05) is 12.3 Å². The first-order valence-corrected chi connectivity index (χ1v) is 9.49. The molecule has 0 saturated carbocycles. The Labute approximate surface area is 177 Å². The van der Waals surface area contributed by atoms with Crippen molar-refractivity contribution in [2.45, 2.75) is 31.0 Å². The van der Waals surface area contributed by atoms with E-state index in [0.717, 1.165) is 0 Å². The summed E-state index contributed by atoms with van der Waals surface area (Å²) in [4.78, 5) is 58.8. The summed E-state index contributed by atoms with van der Waals surface area (Å²) in [6.07, 6.45) is -0.729. The summed E-state index contributed by atoms with van der Waals surface area (Å²) < 4.78 is 0. The van der Waals surface area contributed by atoms with Gasteiger partial charge in [-0.05, 0) is 5.56 Å². The van der Waals surface area contributed by atoms with E-state index in [0.29, 0.717) is 5.56 Å². The van der Waals surface area contributed by atoms with Crippen molar-refractivity contribution in [1.29, 1.82) is 0 Å². The van der Waals surface area contributed by atoms with Crippen LogP contribution in [0, 0.1) is 0 Å². The average Bonchev–Trinajstić information content (AvgIpc) is 2.70. The second kappa shape index (κ2) is 12.4. The highest BCUT2D eigenvalue weighted by Crippen LogP contribution is 2.05. The third kappa shape index (κ3) is 8.92. The Balaban J connectivity index is 2.98. The number of benzene rings is 1. The molecule has 1 aromatic carbocycles. The van der Waals surface area contributed by atoms with Crippen LogP contribution in [0.1, 0.15) is 12.0 Å². The summed E-state index contributed by atoms with van der Waals surface area (Å²) in [5, 5.41) is 24.6. The van der Waals surface area contributed by atoms with Gasteiger partial charge in [-0.25, -0.2) is 0 Å². The number of hydrogen-bond acceptors (Lipinski definition) is 7. The molecule has 0 aromatic heterocycles. The van der Waals surface area contributed by atoms with Crippen LogP contribution in [0.15, 0.2) is 30.3 Å². The molecule has 7 N–H and O–H groups in total. The summed E-state index contributed by atoms with van der Waals surface area (Å²) in [5.41, 5.74) is 6.20. The van der Waals surface area contributed by atoms with E-state index in [1.54, 1.807) is 30.3 Å². The number of carboxylic acids is 2. The van der Waals surface area contributed by atoms with Crippen molar-refractivity contribution >= 4 is 42.3 Å². The van der Waals surface area contributed by atoms with Gasteiger partial charge in [-0.3, -0.25) is 24.0 Å². The van der Waals surface area contributed by atoms with Crippen LogP contribution < -0.4 is 21.7 Å². The Hall–Kier alpha value is -3.12. The highest BCUT2D eigenvalue weighted by atomic mass is 32.1. The van der Waals surface area contributed by atoms with E-state index in [-0.39, 0.29) is 12.2 Å². The molecule has 0 bridgehead atoms. The molecule has 164 valence electrons. The number of amides is 3. The van der Waals surface area contributed by atoms with Crippen LogP contribution in [0.2, 0.25) is 0 Å². The fourth-order valence-electron chi connectivity index (χ4n) is 2.36. The van der Waals surface area contributed by atoms with Crippen molar-refractivity contribution in [2.24, 2.45) is 5.73 Å². The lowest BCUT2D eigenvalue weighted by Crippen LogP contribution is -2.57. The Kier molecular flexibility index (Phi) is 10.3. The number of hydrogen-bond donors (Lipinski definition) is 7. The molecule has 0 fully saturated rings. The molecule has 1 rings (SSSR count). The molecule has 3 unspecified atom stereocenters. The number of rotatable bonds is 12. The highest BCUT2D eigenvalue weighted by Gasteiger charge is 2.29. The molecule has 1 aromatic rings. The molecule has 0 aliphatic rings. The predicted molar refractivity (Wildman–Crippen MR) is 109 cm³/mol. The number of nitrogens with two attached hydrogens (primary N) is 1. The quantitative estimate of drug-likeness (QED) is 0.184. The Bertz CT molecular complexity index is 775. The van der Waals surface area contributed by atoms with Gasteiger partial charge in [-0.15, -0.1) is 0 Å². The van der Waals surface area contributed by atoms with E-state index in [2.05, 4.69) is 28.6 Å². The van der Waals surface area contributed by atoms with Crippen LogP contribution in [-0.2, 0) is 30.4 Å². The van der Waals surface area contributed by atoms with Crippen LogP contribution in [0.5, 0.6) is 0 Å². The van der Waals surface area contributed by atoms with Crippen molar-refractivity contribution < 1.29 is 34.2 Å². The van der Waals surface area contributed by atoms with Gasteiger partial charge in [0.2, 0.25) is 17.7 Å². The fraction of sp³-hybridized carbons (Fsp3) is 0.389. The molecule has 0 aliphatic heterocycles. The van der Waals surface area contributed by atoms with Crippen LogP contribution in [0.3, 0.4) is 0 Å². The molecule has 0 radical (unpaired) electrons. The molecular weight excluding hydrogens is 416 g/mol. The topological polar surface area (TPSA) is 188 Å². The SMILES string of the molecule is NC(CS)C(=O)NC(CC(=O)O)C(=O)NC(Cc1ccccc1)C(=O)NCC(=O)O. The minimum absolute atomic E-state index is 0.0158. The predicted octanol–water partition coefficient (Wildman–Crippen LogP) is -1.87. The molecule has 30 heavy (non-hydrogen) atoms. The first-order chi connectivity index (χ1) is 14.1. The van der Waals surface area contributed by atoms with E-state index >= 15 is 0 Å². The first kappa shape index (κ1) is 24.9. The van der Waals surface area contributed by atoms with E-state index in [4.69, 9.17) is 15.9 Å². The van der Waals surface area contributed by atoms with Crippen LogP contribution in [0.25, 0.3) is 0 Å². The highest BCUT2D eigenvalue weighted by molar-refractivity contribution is 7.80. The number of aliphatic carboxylic acids is 2. The zero-order chi connectivity index (χ0) is 22.7. The van der Waals surface area contributed by atoms with Crippen LogP contribution >= 0.6 is 12.6 Å². The van der Waals surface area contributed by atoms with Gasteiger partial charge in [0.05, 0.1) is 12.5 Å². The van der Waals surface area contributed by atoms with E-state index in [1.807, 2.05) is 0 Å². The van der Waals surface area contributed by atoms with Gasteiger partial charge in [-0.2, -0.15) is 12.6 Å². The third-order valence-electron chi connectivity index (χ3n) is 3.87. The third-order valence-corrected chi connectivity index (χ3v) is 4.27. The summed E-state index contributed by atoms with van der Waals surface area (Å²) in [5.74, 6) is -5.14. The fourth-order valence-corrected chi connectivity index (χ4v) is 2.53. The number of thiol groups is 1. The molecule has 11 nitrogen and oxygen atoms in total. The van der Waals surface area contributed by atoms with E-state index in [1.165, 1.54) is 0 Å². The zero-order valence-electron chi connectivity index (χ0n) is 15.9. The summed E-state index contributed by atoms with van der Waals surface area (Å²) in [6, 6.07) is 4.84. The minimum atomic E-state index is -1.49. The maximum atomic E-state index is 12.6. The van der Waals surface area contributed by atoms with Gasteiger partial charge < -0.3 is 31.9 Å². The monoisotopic (exact) mass is 440 g/mol. The number of nitrogens with one attached hydrogen (secondary N) is 3. The lowest BCUT2D eigenvalue weighted by Gasteiger charge is -2.23. The zero-order valence-corrected chi connectivity index (χ0v) is 16.8. The normalized spacial score (nSPS) is 13.4. The lowest BCUT2D eigenvalue weighted by molar-refractivity contribution is -0.141. The molecule has 0 heterocycles. The maximum absolute atomic E-state index is 12.6. The first-order valence-electron chi connectivity index (χ1n) is 8.86. The largest absolute Gasteiger partial charge is 0.481 e. The summed E-state index contributed by atoms with van der Waals surface area (Å²) >= 11 is 3.87. The van der Waals surface area contributed by atoms with Gasteiger partial charge >= 0.3 is 11.9 Å². The van der Waals surface area contributed by atoms with Gasteiger partial charge in [0.1, 0.15) is 18.6 Å². The van der Waals surface area contributed by atoms with Gasteiger partial charge in [0, 0.05) is 12.2 Å². The van der Waals surface area contributed by atoms with Crippen molar-refractivity contribution in [3.63, 3.8) is 0 Å². The van der Waals surface area contributed by atoms with Gasteiger partial charge in [0.15, 0.2) is 0 Å². The Morgan fingerprint density at radius 1 is 0.900 bits per heavy atom. The van der Waals surface area contributed by atoms with E-state index in [9.17, 15) is 24.0 Å². The Morgan fingerprint density at radius 2 is 1.50 bits per heavy atom. The van der Waals surface area contributed by atoms with Crippen molar-refractivity contribution in [3.05, 3.63) is 35.9 Å². The molecule has 0 aliphatic carbocycles. The second-order valence-corrected chi connectivity index (χ2v) is 6.68. The van der Waals surface area contributed by atoms with Gasteiger partial charge in [-0.1, -0.05) is 30.3 Å². The second-order valence-electron chi connectivity index (χ2n) is 6.31.